The Labute approximate surface area is 167 Å². The Morgan fingerprint density at radius 2 is 2.19 bits per heavy atom. The predicted octanol–water partition coefficient (Wildman–Crippen LogP) is 4.08. The lowest BCUT2D eigenvalue weighted by Crippen LogP contribution is -2.25. The first kappa shape index (κ1) is 17.7. The minimum absolute atomic E-state index is 0.00283. The van der Waals surface area contributed by atoms with E-state index in [9.17, 15) is 9.59 Å². The van der Waals surface area contributed by atoms with Gasteiger partial charge in [0.2, 0.25) is 5.91 Å². The molecular weight excluding hydrogens is 430 g/mol. The number of amides is 2. The van der Waals surface area contributed by atoms with Crippen molar-refractivity contribution < 1.29 is 14.3 Å². The predicted molar refractivity (Wildman–Crippen MR) is 108 cm³/mol. The summed E-state index contributed by atoms with van der Waals surface area (Å²) in [7, 11) is 0. The monoisotopic (exact) mass is 443 g/mol. The molecule has 4 rings (SSSR count). The van der Waals surface area contributed by atoms with Crippen LogP contribution >= 0.6 is 27.3 Å². The largest absolute Gasteiger partial charge is 0.482 e. The maximum atomic E-state index is 12.3. The van der Waals surface area contributed by atoms with Crippen molar-refractivity contribution in [1.29, 1.82) is 0 Å². The summed E-state index contributed by atoms with van der Waals surface area (Å²) in [4.78, 5) is 28.3. The minimum atomic E-state index is -0.214. The van der Waals surface area contributed by atoms with Crippen molar-refractivity contribution >= 4 is 50.5 Å². The summed E-state index contributed by atoms with van der Waals surface area (Å²) in [5, 5.41) is 8.30. The van der Waals surface area contributed by atoms with Crippen LogP contribution in [0.15, 0.2) is 52.3 Å². The molecule has 0 atom stereocenters. The van der Waals surface area contributed by atoms with Crippen molar-refractivity contribution in [3.63, 3.8) is 0 Å². The molecule has 0 saturated heterocycles. The number of thiazole rings is 1. The van der Waals surface area contributed by atoms with Crippen LogP contribution in [0.2, 0.25) is 0 Å². The molecule has 2 aromatic carbocycles. The first-order chi connectivity index (χ1) is 13.1. The number of halogens is 1. The average Bonchev–Trinajstić information content (AvgIpc) is 3.09. The number of carbonyl (C=O) groups excluding carboxylic acids is 2. The van der Waals surface area contributed by atoms with E-state index in [-0.39, 0.29) is 24.8 Å². The maximum absolute atomic E-state index is 12.3. The van der Waals surface area contributed by atoms with Gasteiger partial charge in [0.1, 0.15) is 10.8 Å². The van der Waals surface area contributed by atoms with E-state index >= 15 is 0 Å². The van der Waals surface area contributed by atoms with Crippen molar-refractivity contribution in [3.8, 4) is 16.3 Å². The number of ether oxygens (including phenoxy) is 1. The van der Waals surface area contributed by atoms with E-state index in [0.717, 1.165) is 15.0 Å². The summed E-state index contributed by atoms with van der Waals surface area (Å²) in [6.45, 7) is 0.00283. The van der Waals surface area contributed by atoms with Crippen molar-refractivity contribution in [2.75, 3.05) is 17.2 Å². The van der Waals surface area contributed by atoms with Crippen molar-refractivity contribution in [2.24, 2.45) is 0 Å². The van der Waals surface area contributed by atoms with E-state index in [1.807, 2.05) is 29.6 Å². The third-order valence-corrected chi connectivity index (χ3v) is 5.29. The van der Waals surface area contributed by atoms with Gasteiger partial charge in [0, 0.05) is 21.1 Å². The lowest BCUT2D eigenvalue weighted by atomic mass is 10.2. The molecule has 0 unspecified atom stereocenters. The lowest BCUT2D eigenvalue weighted by Gasteiger charge is -2.18. The molecule has 0 spiro atoms. The third kappa shape index (κ3) is 4.17. The standard InChI is InChI=1S/C19H14BrN3O3S/c20-12-3-1-2-11(6-12)19-22-14(10-27-19)8-17(24)21-13-4-5-16-15(7-13)23-18(25)9-26-16/h1-7,10H,8-9H2,(H,21,24)(H,23,25). The second kappa shape index (κ2) is 7.50. The Kier molecular flexibility index (Phi) is 4.91. The van der Waals surface area contributed by atoms with Gasteiger partial charge in [0.05, 0.1) is 17.8 Å². The number of fused-ring (bicyclic) bond motifs is 1. The average molecular weight is 444 g/mol. The zero-order chi connectivity index (χ0) is 18.8. The van der Waals surface area contributed by atoms with E-state index in [4.69, 9.17) is 4.74 Å². The van der Waals surface area contributed by atoms with E-state index < -0.39 is 0 Å². The molecule has 8 heteroatoms. The van der Waals surface area contributed by atoms with Gasteiger partial charge in [-0.1, -0.05) is 28.1 Å². The van der Waals surface area contributed by atoms with E-state index in [1.54, 1.807) is 18.2 Å². The van der Waals surface area contributed by atoms with Gasteiger partial charge < -0.3 is 15.4 Å². The molecule has 2 heterocycles. The zero-order valence-corrected chi connectivity index (χ0v) is 16.4. The quantitative estimate of drug-likeness (QED) is 0.636. The number of nitrogens with one attached hydrogen (secondary N) is 2. The number of rotatable bonds is 4. The van der Waals surface area contributed by atoms with Crippen molar-refractivity contribution in [3.05, 3.63) is 58.0 Å². The van der Waals surface area contributed by atoms with Crippen LogP contribution in [0, 0.1) is 0 Å². The molecule has 1 aliphatic rings. The molecular formula is C19H14BrN3O3S. The number of hydrogen-bond donors (Lipinski definition) is 2. The summed E-state index contributed by atoms with van der Waals surface area (Å²) in [6.07, 6.45) is 0.171. The molecule has 0 fully saturated rings. The van der Waals surface area contributed by atoms with Gasteiger partial charge >= 0.3 is 0 Å². The van der Waals surface area contributed by atoms with E-state index in [0.29, 0.717) is 22.8 Å². The molecule has 6 nitrogen and oxygen atoms in total. The summed E-state index contributed by atoms with van der Waals surface area (Å²) < 4.78 is 6.29. The molecule has 0 bridgehead atoms. The Bertz CT molecular complexity index is 1030. The number of anilines is 2. The van der Waals surface area contributed by atoms with Crippen LogP contribution in [0.5, 0.6) is 5.75 Å². The van der Waals surface area contributed by atoms with E-state index in [1.165, 1.54) is 11.3 Å². The highest BCUT2D eigenvalue weighted by atomic mass is 79.9. The van der Waals surface area contributed by atoms with E-state index in [2.05, 4.69) is 31.5 Å². The first-order valence-electron chi connectivity index (χ1n) is 8.14. The lowest BCUT2D eigenvalue weighted by molar-refractivity contribution is -0.118. The Balaban J connectivity index is 1.43. The zero-order valence-electron chi connectivity index (χ0n) is 14.0. The first-order valence-corrected chi connectivity index (χ1v) is 9.81. The van der Waals surface area contributed by atoms with Crippen molar-refractivity contribution in [2.45, 2.75) is 6.42 Å². The fourth-order valence-corrected chi connectivity index (χ4v) is 3.89. The Morgan fingerprint density at radius 3 is 3.04 bits per heavy atom. The molecule has 136 valence electrons. The van der Waals surface area contributed by atoms with Crippen LogP contribution in [0.3, 0.4) is 0 Å². The fraction of sp³-hybridized carbons (Fsp3) is 0.105. The summed E-state index contributed by atoms with van der Waals surface area (Å²) in [5.74, 6) is 0.198. The third-order valence-electron chi connectivity index (χ3n) is 3.86. The summed E-state index contributed by atoms with van der Waals surface area (Å²) in [5.41, 5.74) is 2.86. The number of hydrogen-bond acceptors (Lipinski definition) is 5. The fourth-order valence-electron chi connectivity index (χ4n) is 2.67. The van der Waals surface area contributed by atoms with Gasteiger partial charge in [-0.25, -0.2) is 4.98 Å². The molecule has 1 aromatic heterocycles. The SMILES string of the molecule is O=C(Cc1csc(-c2cccc(Br)c2)n1)Nc1ccc2c(c1)NC(=O)CO2. The number of benzene rings is 2. The highest BCUT2D eigenvalue weighted by Gasteiger charge is 2.17. The van der Waals surface area contributed by atoms with Crippen LogP contribution in [-0.4, -0.2) is 23.4 Å². The molecule has 3 aromatic rings. The van der Waals surface area contributed by atoms with Crippen LogP contribution in [0.25, 0.3) is 10.6 Å². The number of carbonyl (C=O) groups is 2. The number of nitrogens with zero attached hydrogens (tertiary/aromatic N) is 1. The van der Waals surface area contributed by atoms with Gasteiger partial charge in [0.15, 0.2) is 6.61 Å². The molecule has 0 radical (unpaired) electrons. The summed E-state index contributed by atoms with van der Waals surface area (Å²) in [6, 6.07) is 13.0. The molecule has 0 aliphatic carbocycles. The normalized spacial score (nSPS) is 12.7. The Hall–Kier alpha value is -2.71. The maximum Gasteiger partial charge on any atom is 0.262 e. The number of aromatic nitrogens is 1. The smallest absolute Gasteiger partial charge is 0.262 e. The van der Waals surface area contributed by atoms with Gasteiger partial charge in [0.25, 0.3) is 5.91 Å². The molecule has 2 N–H and O–H groups in total. The summed E-state index contributed by atoms with van der Waals surface area (Å²) >= 11 is 4.95. The van der Waals surface area contributed by atoms with Crippen LogP contribution in [0.4, 0.5) is 11.4 Å². The van der Waals surface area contributed by atoms with Gasteiger partial charge in [-0.15, -0.1) is 11.3 Å². The molecule has 0 saturated carbocycles. The highest BCUT2D eigenvalue weighted by Crippen LogP contribution is 2.30. The van der Waals surface area contributed by atoms with Crippen LogP contribution in [-0.2, 0) is 16.0 Å². The topological polar surface area (TPSA) is 80.3 Å². The van der Waals surface area contributed by atoms with Crippen LogP contribution < -0.4 is 15.4 Å². The molecule has 1 aliphatic heterocycles. The molecule has 27 heavy (non-hydrogen) atoms. The van der Waals surface area contributed by atoms with Gasteiger partial charge in [-0.2, -0.15) is 0 Å². The van der Waals surface area contributed by atoms with Gasteiger partial charge in [-0.05, 0) is 30.3 Å². The second-order valence-corrected chi connectivity index (χ2v) is 7.70. The highest BCUT2D eigenvalue weighted by molar-refractivity contribution is 9.10. The molecule has 2 amide bonds. The Morgan fingerprint density at radius 1 is 1.30 bits per heavy atom. The van der Waals surface area contributed by atoms with Gasteiger partial charge in [-0.3, -0.25) is 9.59 Å². The van der Waals surface area contributed by atoms with Crippen molar-refractivity contribution in [1.82, 2.24) is 4.98 Å². The second-order valence-electron chi connectivity index (χ2n) is 5.93. The van der Waals surface area contributed by atoms with Crippen LogP contribution in [0.1, 0.15) is 5.69 Å². The minimum Gasteiger partial charge on any atom is -0.482 e.